The van der Waals surface area contributed by atoms with Crippen molar-refractivity contribution in [1.82, 2.24) is 19.8 Å². The first-order valence-electron chi connectivity index (χ1n) is 10.4. The van der Waals surface area contributed by atoms with Crippen LogP contribution in [-0.4, -0.2) is 58.2 Å². The average Bonchev–Trinajstić information content (AvgIpc) is 3.24. The molecule has 2 aliphatic rings. The van der Waals surface area contributed by atoms with Crippen LogP contribution in [0.15, 0.2) is 41.7 Å². The molecule has 2 aromatic rings. The summed E-state index contributed by atoms with van der Waals surface area (Å²) in [6.07, 6.45) is 7.05. The van der Waals surface area contributed by atoms with Crippen molar-refractivity contribution in [3.63, 3.8) is 0 Å². The van der Waals surface area contributed by atoms with Crippen molar-refractivity contribution < 1.29 is 0 Å². The number of benzene rings is 1. The molecule has 1 aromatic carbocycles. The molecule has 2 aliphatic heterocycles. The van der Waals surface area contributed by atoms with Crippen molar-refractivity contribution in [2.45, 2.75) is 43.3 Å². The van der Waals surface area contributed by atoms with E-state index in [1.807, 2.05) is 18.3 Å². The van der Waals surface area contributed by atoms with Crippen LogP contribution in [0.2, 0.25) is 5.02 Å². The summed E-state index contributed by atoms with van der Waals surface area (Å²) in [4.78, 5) is 14.5. The van der Waals surface area contributed by atoms with Gasteiger partial charge in [-0.05, 0) is 63.0 Å². The van der Waals surface area contributed by atoms with Gasteiger partial charge in [0, 0.05) is 48.2 Å². The molecule has 2 fully saturated rings. The molecular formula is C22H29ClN4S. The number of likely N-dealkylation sites (tertiary alicyclic amines) is 2. The zero-order valence-electron chi connectivity index (χ0n) is 16.4. The van der Waals surface area contributed by atoms with Crippen LogP contribution in [0.25, 0.3) is 0 Å². The molecule has 0 bridgehead atoms. The molecular weight excluding hydrogens is 388 g/mol. The standard InChI is InChI=1S/C22H29ClN4S/c23-20-8-2-1-6-18(20)16-27-13-5-7-19(17-27)21-9-10-24-22(25-21)28-15-14-26-11-3-4-12-26/h1-2,6,8-10,19H,3-5,7,11-17H2/t19-/m1/s1. The fourth-order valence-electron chi connectivity index (χ4n) is 4.23. The lowest BCUT2D eigenvalue weighted by Crippen LogP contribution is -2.34. The highest BCUT2D eigenvalue weighted by atomic mass is 35.5. The first kappa shape index (κ1) is 20.1. The van der Waals surface area contributed by atoms with Crippen LogP contribution in [0.1, 0.15) is 42.9 Å². The summed E-state index contributed by atoms with van der Waals surface area (Å²) in [6, 6.07) is 10.3. The lowest BCUT2D eigenvalue weighted by Gasteiger charge is -2.32. The molecule has 0 N–H and O–H groups in total. The first-order valence-corrected chi connectivity index (χ1v) is 11.8. The lowest BCUT2D eigenvalue weighted by atomic mass is 9.94. The molecule has 28 heavy (non-hydrogen) atoms. The van der Waals surface area contributed by atoms with Gasteiger partial charge >= 0.3 is 0 Å². The lowest BCUT2D eigenvalue weighted by molar-refractivity contribution is 0.198. The van der Waals surface area contributed by atoms with Gasteiger partial charge in [-0.25, -0.2) is 9.97 Å². The SMILES string of the molecule is Clc1ccccc1CN1CCC[C@@H](c2ccnc(SCCN3CCCC3)n2)C1. The minimum absolute atomic E-state index is 0.483. The van der Waals surface area contributed by atoms with Gasteiger partial charge in [-0.3, -0.25) is 4.90 Å². The zero-order valence-corrected chi connectivity index (χ0v) is 18.0. The largest absolute Gasteiger partial charge is 0.303 e. The number of rotatable bonds is 7. The Bertz CT molecular complexity index is 766. The van der Waals surface area contributed by atoms with Crippen LogP contribution >= 0.6 is 23.4 Å². The fourth-order valence-corrected chi connectivity index (χ4v) is 5.26. The Balaban J connectivity index is 1.33. The molecule has 0 unspecified atom stereocenters. The molecule has 0 saturated carbocycles. The molecule has 1 aromatic heterocycles. The monoisotopic (exact) mass is 416 g/mol. The number of hydrogen-bond donors (Lipinski definition) is 0. The van der Waals surface area contributed by atoms with E-state index in [-0.39, 0.29) is 0 Å². The van der Waals surface area contributed by atoms with E-state index in [9.17, 15) is 0 Å². The number of hydrogen-bond acceptors (Lipinski definition) is 5. The maximum atomic E-state index is 6.36. The van der Waals surface area contributed by atoms with Crippen LogP contribution < -0.4 is 0 Å². The van der Waals surface area contributed by atoms with Crippen molar-refractivity contribution in [1.29, 1.82) is 0 Å². The Morgan fingerprint density at radius 2 is 1.86 bits per heavy atom. The quantitative estimate of drug-likeness (QED) is 0.482. The van der Waals surface area contributed by atoms with Crippen LogP contribution in [0.5, 0.6) is 0 Å². The molecule has 0 radical (unpaired) electrons. The smallest absolute Gasteiger partial charge is 0.187 e. The van der Waals surface area contributed by atoms with E-state index >= 15 is 0 Å². The van der Waals surface area contributed by atoms with Gasteiger partial charge in [0.15, 0.2) is 5.16 Å². The van der Waals surface area contributed by atoms with E-state index in [1.165, 1.54) is 50.0 Å². The summed E-state index contributed by atoms with van der Waals surface area (Å²) in [5, 5.41) is 1.79. The molecule has 0 spiro atoms. The van der Waals surface area contributed by atoms with Gasteiger partial charge < -0.3 is 4.90 Å². The van der Waals surface area contributed by atoms with Crippen molar-refractivity contribution in [3.05, 3.63) is 52.8 Å². The Morgan fingerprint density at radius 1 is 1.04 bits per heavy atom. The molecule has 4 nitrogen and oxygen atoms in total. The molecule has 150 valence electrons. The normalized spacial score (nSPS) is 21.2. The predicted octanol–water partition coefficient (Wildman–Crippen LogP) is 4.70. The van der Waals surface area contributed by atoms with Gasteiger partial charge in [0.1, 0.15) is 0 Å². The van der Waals surface area contributed by atoms with Gasteiger partial charge in [-0.1, -0.05) is 41.6 Å². The van der Waals surface area contributed by atoms with E-state index in [0.29, 0.717) is 5.92 Å². The second kappa shape index (κ2) is 10.1. The number of aromatic nitrogens is 2. The zero-order chi connectivity index (χ0) is 19.2. The van der Waals surface area contributed by atoms with Crippen molar-refractivity contribution in [3.8, 4) is 0 Å². The highest BCUT2D eigenvalue weighted by molar-refractivity contribution is 7.99. The van der Waals surface area contributed by atoms with E-state index in [2.05, 4.69) is 33.0 Å². The molecule has 3 heterocycles. The summed E-state index contributed by atoms with van der Waals surface area (Å²) >= 11 is 8.16. The number of nitrogens with zero attached hydrogens (tertiary/aromatic N) is 4. The average molecular weight is 417 g/mol. The predicted molar refractivity (Wildman–Crippen MR) is 117 cm³/mol. The highest BCUT2D eigenvalue weighted by Gasteiger charge is 2.23. The summed E-state index contributed by atoms with van der Waals surface area (Å²) in [6.45, 7) is 6.74. The second-order valence-electron chi connectivity index (χ2n) is 7.83. The van der Waals surface area contributed by atoms with E-state index in [0.717, 1.165) is 42.1 Å². The molecule has 2 saturated heterocycles. The maximum Gasteiger partial charge on any atom is 0.187 e. The Hall–Kier alpha value is -1.14. The molecule has 6 heteroatoms. The van der Waals surface area contributed by atoms with E-state index in [4.69, 9.17) is 16.6 Å². The summed E-state index contributed by atoms with van der Waals surface area (Å²) < 4.78 is 0. The summed E-state index contributed by atoms with van der Waals surface area (Å²) in [5.41, 5.74) is 2.41. The third-order valence-corrected chi connectivity index (χ3v) is 6.98. The third-order valence-electron chi connectivity index (χ3n) is 5.77. The van der Waals surface area contributed by atoms with Crippen molar-refractivity contribution in [2.24, 2.45) is 0 Å². The minimum atomic E-state index is 0.483. The topological polar surface area (TPSA) is 32.3 Å². The summed E-state index contributed by atoms with van der Waals surface area (Å²) in [7, 11) is 0. The van der Waals surface area contributed by atoms with Crippen molar-refractivity contribution >= 4 is 23.4 Å². The second-order valence-corrected chi connectivity index (χ2v) is 9.30. The first-order chi connectivity index (χ1) is 13.8. The van der Waals surface area contributed by atoms with Gasteiger partial charge in [0.2, 0.25) is 0 Å². The molecule has 1 atom stereocenters. The third kappa shape index (κ3) is 5.47. The number of piperidine rings is 1. The fraction of sp³-hybridized carbons (Fsp3) is 0.545. The molecule has 0 aliphatic carbocycles. The highest BCUT2D eigenvalue weighted by Crippen LogP contribution is 2.28. The van der Waals surface area contributed by atoms with Gasteiger partial charge in [0.05, 0.1) is 0 Å². The number of thioether (sulfide) groups is 1. The number of halogens is 1. The molecule has 4 rings (SSSR count). The Kier molecular flexibility index (Phi) is 7.24. The van der Waals surface area contributed by atoms with Gasteiger partial charge in [0.25, 0.3) is 0 Å². The van der Waals surface area contributed by atoms with Crippen molar-refractivity contribution in [2.75, 3.05) is 38.5 Å². The van der Waals surface area contributed by atoms with Crippen LogP contribution in [-0.2, 0) is 6.54 Å². The van der Waals surface area contributed by atoms with E-state index in [1.54, 1.807) is 11.8 Å². The molecule has 0 amide bonds. The van der Waals surface area contributed by atoms with Crippen LogP contribution in [0.4, 0.5) is 0 Å². The summed E-state index contributed by atoms with van der Waals surface area (Å²) in [5.74, 6) is 1.56. The van der Waals surface area contributed by atoms with Gasteiger partial charge in [-0.15, -0.1) is 0 Å². The Labute approximate surface area is 177 Å². The van der Waals surface area contributed by atoms with Gasteiger partial charge in [-0.2, -0.15) is 0 Å². The maximum absolute atomic E-state index is 6.36. The minimum Gasteiger partial charge on any atom is -0.303 e. The van der Waals surface area contributed by atoms with E-state index < -0.39 is 0 Å². The van der Waals surface area contributed by atoms with Crippen LogP contribution in [0, 0.1) is 0 Å². The Morgan fingerprint density at radius 3 is 2.71 bits per heavy atom. The van der Waals surface area contributed by atoms with Crippen LogP contribution in [0.3, 0.4) is 0 Å².